The zero-order valence-electron chi connectivity index (χ0n) is 6.19. The van der Waals surface area contributed by atoms with Crippen LogP contribution in [0.4, 0.5) is 0 Å². The highest BCUT2D eigenvalue weighted by atomic mass is 35.6. The number of rotatable bonds is 1. The van der Waals surface area contributed by atoms with Crippen LogP contribution in [0, 0.1) is 6.92 Å². The minimum Gasteiger partial charge on any atom is -0.163 e. The first-order valence-electron chi connectivity index (χ1n) is 3.26. The maximum atomic E-state index is 5.96. The number of hydrogen-bond acceptors (Lipinski definition) is 0. The lowest BCUT2D eigenvalue weighted by Crippen LogP contribution is -2.19. The van der Waals surface area contributed by atoms with E-state index >= 15 is 0 Å². The van der Waals surface area contributed by atoms with Crippen LogP contribution in [-0.4, -0.2) is 8.11 Å². The van der Waals surface area contributed by atoms with E-state index in [9.17, 15) is 0 Å². The molecule has 0 fully saturated rings. The topological polar surface area (TPSA) is 0 Å². The third-order valence-electron chi connectivity index (χ3n) is 1.45. The Balaban J connectivity index is 2.89. The van der Waals surface area contributed by atoms with Crippen molar-refractivity contribution < 1.29 is 0 Å². The SMILES string of the molecule is Cc1ccc([Si](C)Cl)cc1. The van der Waals surface area contributed by atoms with Crippen molar-refractivity contribution in [3.8, 4) is 0 Å². The van der Waals surface area contributed by atoms with E-state index < -0.39 is 8.11 Å². The summed E-state index contributed by atoms with van der Waals surface area (Å²) in [7, 11) is -0.756. The average Bonchev–Trinajstić information content (AvgIpc) is 1.88. The normalized spacial score (nSPS) is 10.4. The first-order valence-corrected chi connectivity index (χ1v) is 6.27. The van der Waals surface area contributed by atoms with Gasteiger partial charge in [-0.3, -0.25) is 0 Å². The smallest absolute Gasteiger partial charge is 0.163 e. The largest absolute Gasteiger partial charge is 0.196 e. The molecule has 0 amide bonds. The van der Waals surface area contributed by atoms with Crippen molar-refractivity contribution in [3.05, 3.63) is 29.8 Å². The predicted molar refractivity (Wildman–Crippen MR) is 48.3 cm³/mol. The van der Waals surface area contributed by atoms with Gasteiger partial charge in [0.15, 0.2) is 8.11 Å². The third-order valence-corrected chi connectivity index (χ3v) is 3.23. The minimum absolute atomic E-state index is 0.756. The van der Waals surface area contributed by atoms with E-state index in [0.717, 1.165) is 0 Å². The second kappa shape index (κ2) is 3.22. The molecule has 1 aromatic carbocycles. The predicted octanol–water partition coefficient (Wildman–Crippen LogP) is 2.06. The molecule has 0 N–H and O–H groups in total. The molecule has 1 rings (SSSR count). The van der Waals surface area contributed by atoms with Crippen LogP contribution in [0.5, 0.6) is 0 Å². The van der Waals surface area contributed by atoms with Gasteiger partial charge in [0, 0.05) is 0 Å². The molecule has 0 bridgehead atoms. The molecule has 0 aliphatic heterocycles. The van der Waals surface area contributed by atoms with Gasteiger partial charge in [0.05, 0.1) is 0 Å². The van der Waals surface area contributed by atoms with Gasteiger partial charge in [-0.05, 0) is 12.1 Å². The monoisotopic (exact) mass is 169 g/mol. The number of hydrogen-bond donors (Lipinski definition) is 0. The molecule has 0 saturated carbocycles. The lowest BCUT2D eigenvalue weighted by Gasteiger charge is -1.99. The van der Waals surface area contributed by atoms with Crippen molar-refractivity contribution in [1.82, 2.24) is 0 Å². The van der Waals surface area contributed by atoms with E-state index in [2.05, 4.69) is 37.7 Å². The third kappa shape index (κ3) is 1.86. The summed E-state index contributed by atoms with van der Waals surface area (Å²) in [6.45, 7) is 4.16. The first-order chi connectivity index (χ1) is 4.70. The van der Waals surface area contributed by atoms with E-state index in [1.807, 2.05) is 0 Å². The molecular weight excluding hydrogens is 160 g/mol. The molecule has 0 unspecified atom stereocenters. The van der Waals surface area contributed by atoms with Gasteiger partial charge in [0.25, 0.3) is 0 Å². The molecule has 0 atom stereocenters. The van der Waals surface area contributed by atoms with E-state index in [4.69, 9.17) is 11.1 Å². The summed E-state index contributed by atoms with van der Waals surface area (Å²) in [5, 5.41) is 1.29. The summed E-state index contributed by atoms with van der Waals surface area (Å²) in [6, 6.07) is 8.42. The molecule has 0 nitrogen and oxygen atoms in total. The van der Waals surface area contributed by atoms with E-state index in [1.165, 1.54) is 10.8 Å². The Bertz CT molecular complexity index is 203. The van der Waals surface area contributed by atoms with Gasteiger partial charge in [-0.25, -0.2) is 0 Å². The van der Waals surface area contributed by atoms with Gasteiger partial charge in [0.2, 0.25) is 0 Å². The molecule has 0 saturated heterocycles. The van der Waals surface area contributed by atoms with Gasteiger partial charge >= 0.3 is 0 Å². The first kappa shape index (κ1) is 7.83. The molecule has 1 aromatic rings. The van der Waals surface area contributed by atoms with Crippen molar-refractivity contribution in [3.63, 3.8) is 0 Å². The Kier molecular flexibility index (Phi) is 2.52. The fourth-order valence-corrected chi connectivity index (χ4v) is 1.79. The van der Waals surface area contributed by atoms with E-state index in [-0.39, 0.29) is 0 Å². The highest BCUT2D eigenvalue weighted by molar-refractivity contribution is 7.13. The van der Waals surface area contributed by atoms with Crippen molar-refractivity contribution in [2.24, 2.45) is 0 Å². The second-order valence-electron chi connectivity index (χ2n) is 2.40. The Morgan fingerprint density at radius 1 is 1.20 bits per heavy atom. The van der Waals surface area contributed by atoms with Gasteiger partial charge in [-0.1, -0.05) is 36.4 Å². The Hall–Kier alpha value is -0.273. The summed E-state index contributed by atoms with van der Waals surface area (Å²) in [5.41, 5.74) is 1.30. The van der Waals surface area contributed by atoms with Crippen molar-refractivity contribution in [1.29, 1.82) is 0 Å². The highest BCUT2D eigenvalue weighted by Gasteiger charge is 2.01. The summed E-state index contributed by atoms with van der Waals surface area (Å²) in [5.74, 6) is 0. The van der Waals surface area contributed by atoms with Crippen LogP contribution in [0.1, 0.15) is 5.56 Å². The highest BCUT2D eigenvalue weighted by Crippen LogP contribution is 1.96. The van der Waals surface area contributed by atoms with Gasteiger partial charge < -0.3 is 0 Å². The maximum Gasteiger partial charge on any atom is 0.196 e. The maximum absolute atomic E-state index is 5.96. The Morgan fingerprint density at radius 3 is 2.10 bits per heavy atom. The van der Waals surface area contributed by atoms with Crippen LogP contribution >= 0.6 is 11.1 Å². The zero-order chi connectivity index (χ0) is 7.56. The summed E-state index contributed by atoms with van der Waals surface area (Å²) in [6.07, 6.45) is 0. The van der Waals surface area contributed by atoms with Gasteiger partial charge in [-0.2, -0.15) is 11.1 Å². The Morgan fingerprint density at radius 2 is 1.70 bits per heavy atom. The van der Waals surface area contributed by atoms with Crippen molar-refractivity contribution in [2.75, 3.05) is 0 Å². The van der Waals surface area contributed by atoms with Crippen LogP contribution in [0.25, 0.3) is 0 Å². The molecule has 10 heavy (non-hydrogen) atoms. The molecule has 0 heterocycles. The molecule has 0 aliphatic carbocycles. The van der Waals surface area contributed by atoms with Crippen LogP contribution in [0.2, 0.25) is 6.55 Å². The molecule has 1 radical (unpaired) electrons. The fourth-order valence-electron chi connectivity index (χ4n) is 0.783. The minimum atomic E-state index is -0.756. The summed E-state index contributed by atoms with van der Waals surface area (Å²) >= 11 is 5.96. The standard InChI is InChI=1S/C8H10ClSi/c1-7-3-5-8(6-4-7)10(2)9/h3-6H,1-2H3. The summed E-state index contributed by atoms with van der Waals surface area (Å²) < 4.78 is 0. The Labute approximate surface area is 68.1 Å². The van der Waals surface area contributed by atoms with Crippen LogP contribution in [-0.2, 0) is 0 Å². The van der Waals surface area contributed by atoms with Crippen molar-refractivity contribution >= 4 is 24.4 Å². The lowest BCUT2D eigenvalue weighted by atomic mass is 10.2. The van der Waals surface area contributed by atoms with Crippen LogP contribution in [0.15, 0.2) is 24.3 Å². The van der Waals surface area contributed by atoms with Crippen LogP contribution < -0.4 is 5.19 Å². The van der Waals surface area contributed by atoms with Crippen molar-refractivity contribution in [2.45, 2.75) is 13.5 Å². The lowest BCUT2D eigenvalue weighted by molar-refractivity contribution is 1.49. The number of aryl methyl sites for hydroxylation is 1. The fraction of sp³-hybridized carbons (Fsp3) is 0.250. The number of halogens is 1. The molecule has 2 heteroatoms. The molecule has 0 spiro atoms. The second-order valence-corrected chi connectivity index (χ2v) is 5.74. The average molecular weight is 170 g/mol. The van der Waals surface area contributed by atoms with Crippen LogP contribution in [0.3, 0.4) is 0 Å². The molecule has 0 aliphatic rings. The number of benzene rings is 1. The van der Waals surface area contributed by atoms with E-state index in [0.29, 0.717) is 0 Å². The van der Waals surface area contributed by atoms with Gasteiger partial charge in [0.1, 0.15) is 0 Å². The molecule has 0 aromatic heterocycles. The quantitative estimate of drug-likeness (QED) is 0.446. The summed E-state index contributed by atoms with van der Waals surface area (Å²) in [4.78, 5) is 0. The van der Waals surface area contributed by atoms with Gasteiger partial charge in [-0.15, -0.1) is 0 Å². The molecule has 53 valence electrons. The molecular formula is C8H10ClSi. The zero-order valence-corrected chi connectivity index (χ0v) is 7.94. The van der Waals surface area contributed by atoms with E-state index in [1.54, 1.807) is 0 Å².